The molecule has 120 valence electrons. The van der Waals surface area contributed by atoms with E-state index in [1.807, 2.05) is 0 Å². The van der Waals surface area contributed by atoms with Crippen LogP contribution in [-0.2, 0) is 0 Å². The molecule has 0 spiro atoms. The number of rotatable bonds is 5. The fourth-order valence-corrected chi connectivity index (χ4v) is 2.57. The van der Waals surface area contributed by atoms with E-state index >= 15 is 0 Å². The highest BCUT2D eigenvalue weighted by molar-refractivity contribution is 4.75. The molecule has 0 aromatic heterocycles. The predicted molar refractivity (Wildman–Crippen MR) is 82.0 cm³/mol. The van der Waals surface area contributed by atoms with Crippen LogP contribution in [0.1, 0.15) is 13.3 Å². The van der Waals surface area contributed by atoms with Crippen LogP contribution < -0.4 is 10.6 Å². The van der Waals surface area contributed by atoms with Gasteiger partial charge in [0.1, 0.15) is 0 Å². The summed E-state index contributed by atoms with van der Waals surface area (Å²) in [5.74, 6) is 0. The van der Waals surface area contributed by atoms with Crippen LogP contribution in [0.3, 0.4) is 0 Å². The smallest absolute Gasteiger partial charge is 0.0558 e. The van der Waals surface area contributed by atoms with Gasteiger partial charge in [-0.05, 0) is 13.3 Å². The van der Waals surface area contributed by atoms with Gasteiger partial charge in [0.15, 0.2) is 0 Å². The number of aliphatic hydroxyl groups is 2. The van der Waals surface area contributed by atoms with Crippen molar-refractivity contribution in [1.82, 2.24) is 20.4 Å². The molecule has 2 aliphatic heterocycles. The van der Waals surface area contributed by atoms with Crippen LogP contribution in [0.2, 0.25) is 0 Å². The molecule has 0 amide bonds. The minimum atomic E-state index is 0.282. The quantitative estimate of drug-likeness (QED) is 0.496. The molecular weight excluding hydrogens is 256 g/mol. The number of nitrogens with zero attached hydrogens (tertiary/aromatic N) is 2. The van der Waals surface area contributed by atoms with Crippen molar-refractivity contribution >= 4 is 0 Å². The van der Waals surface area contributed by atoms with Gasteiger partial charge in [0, 0.05) is 71.6 Å². The second-order valence-electron chi connectivity index (χ2n) is 5.48. The van der Waals surface area contributed by atoms with Crippen molar-refractivity contribution in [3.8, 4) is 0 Å². The summed E-state index contributed by atoms with van der Waals surface area (Å²) in [6.45, 7) is 12.3. The fourth-order valence-electron chi connectivity index (χ4n) is 2.57. The molecule has 6 nitrogen and oxygen atoms in total. The normalized spacial score (nSPS) is 25.1. The molecule has 2 rings (SSSR count). The molecule has 2 fully saturated rings. The minimum absolute atomic E-state index is 0.282. The molecule has 0 aliphatic carbocycles. The summed E-state index contributed by atoms with van der Waals surface area (Å²) in [5.41, 5.74) is 0. The van der Waals surface area contributed by atoms with Gasteiger partial charge in [-0.1, -0.05) is 0 Å². The number of hydrogen-bond donors (Lipinski definition) is 4. The molecule has 1 unspecified atom stereocenters. The van der Waals surface area contributed by atoms with E-state index in [4.69, 9.17) is 10.2 Å². The lowest BCUT2D eigenvalue weighted by Crippen LogP contribution is -2.50. The molecule has 2 aliphatic rings. The maximum absolute atomic E-state index is 8.67. The molecule has 6 heteroatoms. The first-order valence-corrected chi connectivity index (χ1v) is 7.87. The van der Waals surface area contributed by atoms with Crippen molar-refractivity contribution in [2.45, 2.75) is 19.4 Å². The number of piperazine rings is 2. The van der Waals surface area contributed by atoms with Crippen molar-refractivity contribution < 1.29 is 10.2 Å². The summed E-state index contributed by atoms with van der Waals surface area (Å²) in [6.07, 6.45) is 0.917. The van der Waals surface area contributed by atoms with Crippen LogP contribution in [0.25, 0.3) is 0 Å². The number of nitrogens with one attached hydrogen (secondary N) is 2. The molecule has 0 aromatic rings. The van der Waals surface area contributed by atoms with E-state index < -0.39 is 0 Å². The summed E-state index contributed by atoms with van der Waals surface area (Å²) < 4.78 is 0. The Hall–Kier alpha value is -0.240. The standard InChI is InChI=1S/2C7H16N2O/c10-7-1-4-9-5-2-8-3-6-9;1-7-6-8-2-3-9(7)4-5-10/h8,10H,1-7H2;7-8,10H,2-6H2,1H3. The third-order valence-corrected chi connectivity index (χ3v) is 3.87. The zero-order valence-electron chi connectivity index (χ0n) is 12.9. The van der Waals surface area contributed by atoms with Crippen LogP contribution in [0.15, 0.2) is 0 Å². The number of β-amino-alcohol motifs (C(OH)–C–C–N with tert-alkyl or cyclic N) is 1. The molecule has 20 heavy (non-hydrogen) atoms. The van der Waals surface area contributed by atoms with Gasteiger partial charge < -0.3 is 25.7 Å². The van der Waals surface area contributed by atoms with Crippen LogP contribution in [0.4, 0.5) is 0 Å². The molecule has 2 saturated heterocycles. The Morgan fingerprint density at radius 3 is 2.25 bits per heavy atom. The maximum Gasteiger partial charge on any atom is 0.0558 e. The van der Waals surface area contributed by atoms with Crippen LogP contribution in [0.5, 0.6) is 0 Å². The average Bonchev–Trinajstić information content (AvgIpc) is 2.49. The lowest BCUT2D eigenvalue weighted by molar-refractivity contribution is 0.136. The monoisotopic (exact) mass is 288 g/mol. The Kier molecular flexibility index (Phi) is 10.2. The summed E-state index contributed by atoms with van der Waals surface area (Å²) in [5, 5.41) is 23.8. The third-order valence-electron chi connectivity index (χ3n) is 3.87. The van der Waals surface area contributed by atoms with E-state index in [2.05, 4.69) is 27.4 Å². The Balaban J connectivity index is 0.000000200. The van der Waals surface area contributed by atoms with E-state index in [0.717, 1.165) is 65.3 Å². The Morgan fingerprint density at radius 1 is 0.950 bits per heavy atom. The van der Waals surface area contributed by atoms with E-state index in [0.29, 0.717) is 12.6 Å². The lowest BCUT2D eigenvalue weighted by atomic mass is 10.2. The zero-order valence-corrected chi connectivity index (χ0v) is 12.9. The summed E-state index contributed by atoms with van der Waals surface area (Å²) in [7, 11) is 0. The molecule has 0 bridgehead atoms. The highest BCUT2D eigenvalue weighted by Crippen LogP contribution is 1.99. The maximum atomic E-state index is 8.67. The Labute approximate surface area is 123 Å². The number of hydrogen-bond acceptors (Lipinski definition) is 6. The highest BCUT2D eigenvalue weighted by Gasteiger charge is 2.15. The molecule has 0 saturated carbocycles. The largest absolute Gasteiger partial charge is 0.396 e. The van der Waals surface area contributed by atoms with Gasteiger partial charge in [-0.2, -0.15) is 0 Å². The second-order valence-corrected chi connectivity index (χ2v) is 5.48. The molecule has 4 N–H and O–H groups in total. The summed E-state index contributed by atoms with van der Waals surface area (Å²) in [6, 6.07) is 0.584. The van der Waals surface area contributed by atoms with Gasteiger partial charge in [-0.25, -0.2) is 0 Å². The van der Waals surface area contributed by atoms with Crippen LogP contribution >= 0.6 is 0 Å². The SMILES string of the molecule is CC1CNCCN1CCO.OCCCN1CCNCC1. The fraction of sp³-hybridized carbons (Fsp3) is 1.00. The van der Waals surface area contributed by atoms with Crippen molar-refractivity contribution in [2.75, 3.05) is 72.1 Å². The van der Waals surface area contributed by atoms with E-state index in [1.165, 1.54) is 0 Å². The zero-order chi connectivity index (χ0) is 14.6. The first-order valence-electron chi connectivity index (χ1n) is 7.87. The second kappa shape index (κ2) is 11.4. The minimum Gasteiger partial charge on any atom is -0.396 e. The first-order chi connectivity index (χ1) is 9.77. The van der Waals surface area contributed by atoms with Crippen LogP contribution in [0, 0.1) is 0 Å². The molecule has 0 aromatic carbocycles. The molecular formula is C14H32N4O2. The van der Waals surface area contributed by atoms with Gasteiger partial charge in [0.05, 0.1) is 6.61 Å². The van der Waals surface area contributed by atoms with Crippen molar-refractivity contribution in [1.29, 1.82) is 0 Å². The molecule has 0 radical (unpaired) electrons. The van der Waals surface area contributed by atoms with E-state index in [9.17, 15) is 0 Å². The van der Waals surface area contributed by atoms with Gasteiger partial charge in [-0.3, -0.25) is 4.90 Å². The Morgan fingerprint density at radius 2 is 1.65 bits per heavy atom. The Bertz CT molecular complexity index is 220. The van der Waals surface area contributed by atoms with Gasteiger partial charge >= 0.3 is 0 Å². The molecule has 1 atom stereocenters. The van der Waals surface area contributed by atoms with Crippen molar-refractivity contribution in [3.63, 3.8) is 0 Å². The van der Waals surface area contributed by atoms with Crippen molar-refractivity contribution in [2.24, 2.45) is 0 Å². The average molecular weight is 288 g/mol. The first kappa shape index (κ1) is 17.8. The van der Waals surface area contributed by atoms with Gasteiger partial charge in [-0.15, -0.1) is 0 Å². The highest BCUT2D eigenvalue weighted by atomic mass is 16.3. The predicted octanol–water partition coefficient (Wildman–Crippen LogP) is -1.45. The van der Waals surface area contributed by atoms with Crippen LogP contribution in [-0.4, -0.2) is 98.2 Å². The topological polar surface area (TPSA) is 71.0 Å². The number of aliphatic hydroxyl groups excluding tert-OH is 2. The summed E-state index contributed by atoms with van der Waals surface area (Å²) in [4.78, 5) is 4.68. The lowest BCUT2D eigenvalue weighted by Gasteiger charge is -2.33. The van der Waals surface area contributed by atoms with E-state index in [1.54, 1.807) is 0 Å². The van der Waals surface area contributed by atoms with Crippen molar-refractivity contribution in [3.05, 3.63) is 0 Å². The third kappa shape index (κ3) is 7.52. The summed E-state index contributed by atoms with van der Waals surface area (Å²) >= 11 is 0. The molecule has 2 heterocycles. The van der Waals surface area contributed by atoms with E-state index in [-0.39, 0.29) is 6.61 Å². The van der Waals surface area contributed by atoms with Gasteiger partial charge in [0.25, 0.3) is 0 Å². The van der Waals surface area contributed by atoms with Gasteiger partial charge in [0.2, 0.25) is 0 Å².